The predicted molar refractivity (Wildman–Crippen MR) is 126 cm³/mol. The molecule has 0 aromatic rings. The van der Waals surface area contributed by atoms with Gasteiger partial charge in [0.15, 0.2) is 0 Å². The number of hydrogen-bond donors (Lipinski definition) is 0. The molecular weight excluding hydrogens is 312 g/mol. The molecule has 1 saturated carbocycles. The molecule has 0 spiro atoms. The lowest BCUT2D eigenvalue weighted by molar-refractivity contribution is 0.283. The van der Waals surface area contributed by atoms with Crippen LogP contribution in [0, 0.1) is 40.9 Å². The van der Waals surface area contributed by atoms with Gasteiger partial charge in [0.25, 0.3) is 0 Å². The second kappa shape index (κ2) is 17.1. The smallest absolute Gasteiger partial charge is 0.0287 e. The van der Waals surface area contributed by atoms with Crippen LogP contribution in [0.5, 0.6) is 0 Å². The molecule has 0 bridgehead atoms. The van der Waals surface area contributed by atoms with Crippen molar-refractivity contribution >= 4 is 0 Å². The van der Waals surface area contributed by atoms with Gasteiger partial charge in [-0.2, -0.15) is 0 Å². The van der Waals surface area contributed by atoms with Gasteiger partial charge in [0.1, 0.15) is 0 Å². The molecule has 0 aliphatic heterocycles. The maximum atomic E-state index is 2.50. The Balaban J connectivity index is -0.000000445. The highest BCUT2D eigenvalue weighted by molar-refractivity contribution is 5.08. The van der Waals surface area contributed by atoms with Crippen molar-refractivity contribution < 1.29 is 0 Å². The van der Waals surface area contributed by atoms with Gasteiger partial charge < -0.3 is 0 Å². The van der Waals surface area contributed by atoms with Crippen molar-refractivity contribution in [2.75, 3.05) is 0 Å². The minimum Gasteiger partial charge on any atom is -0.0683 e. The number of rotatable bonds is 8. The molecule has 0 nitrogen and oxygen atoms in total. The summed E-state index contributed by atoms with van der Waals surface area (Å²) in [6.45, 7) is 31.8. The van der Waals surface area contributed by atoms with Crippen LogP contribution in [0.3, 0.4) is 0 Å². The molecule has 0 saturated heterocycles. The molecule has 0 aromatic carbocycles. The molecule has 1 rings (SSSR count). The maximum absolute atomic E-state index is 2.50. The van der Waals surface area contributed by atoms with Crippen LogP contribution in [-0.4, -0.2) is 0 Å². The standard InChI is InChI=1S/C16H32.C6H14.2C2H6/c1-8-10-12(4)13(5)15-14(11(3)9-2)16(15,6)7;1-4-6(3)5-2;2*1-2/h11-15H,8-10H2,1-7H3;6H,4-5H2,1-3H3;2*1-2H3. The second-order valence-electron chi connectivity index (χ2n) is 8.81. The molecule has 1 fully saturated rings. The Bertz CT molecular complexity index is 274. The Morgan fingerprint density at radius 2 is 1.12 bits per heavy atom. The Morgan fingerprint density at radius 1 is 0.692 bits per heavy atom. The highest BCUT2D eigenvalue weighted by Gasteiger charge is 2.61. The maximum Gasteiger partial charge on any atom is -0.0287 e. The third-order valence-corrected chi connectivity index (χ3v) is 6.85. The first-order chi connectivity index (χ1) is 12.2. The van der Waals surface area contributed by atoms with Crippen LogP contribution in [0.4, 0.5) is 0 Å². The van der Waals surface area contributed by atoms with Crippen molar-refractivity contribution in [3.8, 4) is 0 Å². The minimum absolute atomic E-state index is 0.608. The van der Waals surface area contributed by atoms with Crippen LogP contribution in [0.25, 0.3) is 0 Å². The Kier molecular flexibility index (Phi) is 20.2. The van der Waals surface area contributed by atoms with Crippen LogP contribution in [-0.2, 0) is 0 Å². The van der Waals surface area contributed by atoms with Crippen LogP contribution < -0.4 is 0 Å². The average molecular weight is 371 g/mol. The lowest BCUT2D eigenvalue weighted by Gasteiger charge is -2.21. The molecular formula is C26H58. The Morgan fingerprint density at radius 3 is 1.38 bits per heavy atom. The van der Waals surface area contributed by atoms with E-state index in [0.29, 0.717) is 5.41 Å². The van der Waals surface area contributed by atoms with E-state index in [1.807, 2.05) is 27.7 Å². The van der Waals surface area contributed by atoms with Gasteiger partial charge in [-0.3, -0.25) is 0 Å². The molecule has 26 heavy (non-hydrogen) atoms. The molecule has 1 aliphatic rings. The second-order valence-corrected chi connectivity index (χ2v) is 8.81. The zero-order valence-corrected chi connectivity index (χ0v) is 21.5. The molecule has 0 amide bonds. The quantitative estimate of drug-likeness (QED) is 0.398. The van der Waals surface area contributed by atoms with Crippen LogP contribution in [0.1, 0.15) is 129 Å². The SMILES string of the molecule is CC.CC.CCC(C)CC.CCCC(C)C(C)C1C(C(C)CC)C1(C)C. The molecule has 0 heterocycles. The van der Waals surface area contributed by atoms with Gasteiger partial charge in [-0.25, -0.2) is 0 Å². The van der Waals surface area contributed by atoms with Gasteiger partial charge in [0.05, 0.1) is 0 Å². The summed E-state index contributed by atoms with van der Waals surface area (Å²) in [6.07, 6.45) is 6.75. The van der Waals surface area contributed by atoms with Gasteiger partial charge in [0.2, 0.25) is 0 Å². The van der Waals surface area contributed by atoms with E-state index < -0.39 is 0 Å². The van der Waals surface area contributed by atoms with Crippen molar-refractivity contribution in [1.29, 1.82) is 0 Å². The lowest BCUT2D eigenvalue weighted by Crippen LogP contribution is -2.13. The van der Waals surface area contributed by atoms with E-state index in [0.717, 1.165) is 35.5 Å². The summed E-state index contributed by atoms with van der Waals surface area (Å²) in [5.41, 5.74) is 0.608. The van der Waals surface area contributed by atoms with Gasteiger partial charge in [-0.15, -0.1) is 0 Å². The van der Waals surface area contributed by atoms with Crippen LogP contribution >= 0.6 is 0 Å². The van der Waals surface area contributed by atoms with Crippen LogP contribution in [0.2, 0.25) is 0 Å². The molecule has 1 aliphatic carbocycles. The summed E-state index contributed by atoms with van der Waals surface area (Å²) in [4.78, 5) is 0. The fourth-order valence-electron chi connectivity index (χ4n) is 4.42. The van der Waals surface area contributed by atoms with Gasteiger partial charge in [-0.05, 0) is 40.9 Å². The predicted octanol–water partition coefficient (Wildman–Crippen LogP) is 9.87. The Labute approximate surface area is 170 Å². The van der Waals surface area contributed by atoms with E-state index in [4.69, 9.17) is 0 Å². The monoisotopic (exact) mass is 370 g/mol. The number of hydrogen-bond acceptors (Lipinski definition) is 0. The largest absolute Gasteiger partial charge is 0.0683 e. The first-order valence-electron chi connectivity index (χ1n) is 12.2. The molecule has 0 heteroatoms. The molecule has 5 unspecified atom stereocenters. The summed E-state index contributed by atoms with van der Waals surface area (Å²) < 4.78 is 0. The molecule has 0 radical (unpaired) electrons. The van der Waals surface area contributed by atoms with Crippen molar-refractivity contribution in [1.82, 2.24) is 0 Å². The highest BCUT2D eigenvalue weighted by atomic mass is 14.7. The van der Waals surface area contributed by atoms with Gasteiger partial charge >= 0.3 is 0 Å². The van der Waals surface area contributed by atoms with Crippen molar-refractivity contribution in [2.45, 2.75) is 129 Å². The first-order valence-corrected chi connectivity index (χ1v) is 12.2. The van der Waals surface area contributed by atoms with E-state index in [1.165, 1.54) is 32.1 Å². The van der Waals surface area contributed by atoms with Crippen molar-refractivity contribution in [3.05, 3.63) is 0 Å². The van der Waals surface area contributed by atoms with E-state index in [1.54, 1.807) is 0 Å². The summed E-state index contributed by atoms with van der Waals surface area (Å²) in [5, 5.41) is 0. The van der Waals surface area contributed by atoms with Gasteiger partial charge in [-0.1, -0.05) is 129 Å². The average Bonchev–Trinajstić information content (AvgIpc) is 3.25. The zero-order chi connectivity index (χ0) is 21.5. The third kappa shape index (κ3) is 10.4. The molecule has 0 N–H and O–H groups in total. The Hall–Kier alpha value is 0. The fraction of sp³-hybridized carbons (Fsp3) is 1.00. The summed E-state index contributed by atoms with van der Waals surface area (Å²) in [5.74, 6) is 5.62. The van der Waals surface area contributed by atoms with E-state index in [9.17, 15) is 0 Å². The third-order valence-electron chi connectivity index (χ3n) is 6.85. The van der Waals surface area contributed by atoms with Crippen molar-refractivity contribution in [2.24, 2.45) is 40.9 Å². The summed E-state index contributed by atoms with van der Waals surface area (Å²) in [6, 6.07) is 0. The van der Waals surface area contributed by atoms with E-state index >= 15 is 0 Å². The van der Waals surface area contributed by atoms with Gasteiger partial charge in [0, 0.05) is 0 Å². The fourth-order valence-corrected chi connectivity index (χ4v) is 4.42. The van der Waals surface area contributed by atoms with E-state index in [2.05, 4.69) is 69.2 Å². The van der Waals surface area contributed by atoms with Crippen molar-refractivity contribution in [3.63, 3.8) is 0 Å². The zero-order valence-electron chi connectivity index (χ0n) is 21.5. The molecule has 0 aromatic heterocycles. The normalized spacial score (nSPS) is 23.2. The van der Waals surface area contributed by atoms with E-state index in [-0.39, 0.29) is 0 Å². The topological polar surface area (TPSA) is 0 Å². The lowest BCUT2D eigenvalue weighted by atomic mass is 9.84. The summed E-state index contributed by atoms with van der Waals surface area (Å²) >= 11 is 0. The molecule has 162 valence electrons. The van der Waals surface area contributed by atoms with Crippen LogP contribution in [0.15, 0.2) is 0 Å². The summed E-state index contributed by atoms with van der Waals surface area (Å²) in [7, 11) is 0. The first kappa shape index (κ1) is 30.7. The molecule has 5 atom stereocenters. The highest BCUT2D eigenvalue weighted by Crippen LogP contribution is 2.66. The minimum atomic E-state index is 0.608.